The van der Waals surface area contributed by atoms with E-state index >= 15 is 0 Å². The summed E-state index contributed by atoms with van der Waals surface area (Å²) < 4.78 is 5.15. The Labute approximate surface area is 110 Å². The minimum absolute atomic E-state index is 0.284. The first-order valence-corrected chi connectivity index (χ1v) is 5.72. The van der Waals surface area contributed by atoms with Crippen molar-refractivity contribution in [1.82, 2.24) is 20.5 Å². The van der Waals surface area contributed by atoms with Crippen LogP contribution in [0.3, 0.4) is 0 Å². The number of amides is 1. The molecule has 0 aliphatic rings. The Morgan fingerprint density at radius 1 is 1.53 bits per heavy atom. The number of ether oxygens (including phenoxy) is 1. The van der Waals surface area contributed by atoms with Gasteiger partial charge in [-0.2, -0.15) is 5.10 Å². The second-order valence-corrected chi connectivity index (χ2v) is 3.99. The summed E-state index contributed by atoms with van der Waals surface area (Å²) in [6, 6.07) is 4.74. The van der Waals surface area contributed by atoms with Crippen LogP contribution in [0.1, 0.15) is 29.1 Å². The predicted molar refractivity (Wildman–Crippen MR) is 69.7 cm³/mol. The van der Waals surface area contributed by atoms with E-state index in [0.29, 0.717) is 22.8 Å². The van der Waals surface area contributed by atoms with Crippen LogP contribution in [0.2, 0.25) is 0 Å². The maximum Gasteiger partial charge on any atom is 0.255 e. The van der Waals surface area contributed by atoms with Gasteiger partial charge in [-0.3, -0.25) is 9.89 Å². The van der Waals surface area contributed by atoms with Gasteiger partial charge in [-0.05, 0) is 19.1 Å². The van der Waals surface area contributed by atoms with Crippen LogP contribution in [0.4, 0.5) is 5.69 Å². The first-order valence-electron chi connectivity index (χ1n) is 5.72. The van der Waals surface area contributed by atoms with Crippen molar-refractivity contribution < 1.29 is 9.53 Å². The summed E-state index contributed by atoms with van der Waals surface area (Å²) in [6.45, 7) is 1.80. The van der Waals surface area contributed by atoms with E-state index in [1.807, 2.05) is 0 Å². The second-order valence-electron chi connectivity index (χ2n) is 3.99. The molecule has 1 amide bonds. The number of hydrogen-bond donors (Lipinski definition) is 3. The first-order chi connectivity index (χ1) is 9.13. The molecule has 7 heteroatoms. The van der Waals surface area contributed by atoms with E-state index in [0.717, 1.165) is 0 Å². The van der Waals surface area contributed by atoms with Crippen molar-refractivity contribution in [2.75, 3.05) is 12.8 Å². The summed E-state index contributed by atoms with van der Waals surface area (Å²) in [4.78, 5) is 16.2. The third kappa shape index (κ3) is 2.65. The van der Waals surface area contributed by atoms with E-state index in [2.05, 4.69) is 20.5 Å². The monoisotopic (exact) mass is 261 g/mol. The Morgan fingerprint density at radius 2 is 2.32 bits per heavy atom. The quantitative estimate of drug-likeness (QED) is 0.708. The number of nitrogens with one attached hydrogen (secondary N) is 2. The van der Waals surface area contributed by atoms with Crippen LogP contribution in [-0.2, 0) is 0 Å². The summed E-state index contributed by atoms with van der Waals surface area (Å²) in [5.74, 6) is 0.661. The molecule has 2 aromatic rings. The lowest BCUT2D eigenvalue weighted by Gasteiger charge is -2.14. The molecule has 0 aliphatic heterocycles. The molecule has 1 heterocycles. The number of rotatable bonds is 4. The lowest BCUT2D eigenvalue weighted by Crippen LogP contribution is -2.27. The Balaban J connectivity index is 2.19. The van der Waals surface area contributed by atoms with Crippen molar-refractivity contribution in [1.29, 1.82) is 0 Å². The number of H-pyrrole nitrogens is 1. The minimum atomic E-state index is -0.291. The summed E-state index contributed by atoms with van der Waals surface area (Å²) in [5, 5.41) is 9.23. The highest BCUT2D eigenvalue weighted by Gasteiger charge is 2.18. The van der Waals surface area contributed by atoms with Gasteiger partial charge in [0.05, 0.1) is 24.4 Å². The number of benzene rings is 1. The van der Waals surface area contributed by atoms with E-state index < -0.39 is 0 Å². The highest BCUT2D eigenvalue weighted by atomic mass is 16.5. The molecule has 100 valence electrons. The summed E-state index contributed by atoms with van der Waals surface area (Å²) in [5.41, 5.74) is 6.56. The molecule has 0 saturated carbocycles. The normalized spacial score (nSPS) is 11.9. The van der Waals surface area contributed by atoms with Gasteiger partial charge in [0.25, 0.3) is 5.91 Å². The van der Waals surface area contributed by atoms with E-state index in [1.165, 1.54) is 13.4 Å². The smallest absolute Gasteiger partial charge is 0.255 e. The minimum Gasteiger partial charge on any atom is -0.494 e. The Kier molecular flexibility index (Phi) is 3.65. The predicted octanol–water partition coefficient (Wildman–Crippen LogP) is 0.886. The van der Waals surface area contributed by atoms with Crippen LogP contribution >= 0.6 is 0 Å². The van der Waals surface area contributed by atoms with Crippen LogP contribution in [0.15, 0.2) is 24.5 Å². The van der Waals surface area contributed by atoms with E-state index in [1.54, 1.807) is 25.1 Å². The van der Waals surface area contributed by atoms with Gasteiger partial charge in [0.2, 0.25) is 0 Å². The lowest BCUT2D eigenvalue weighted by atomic mass is 10.1. The fraction of sp³-hybridized carbons (Fsp3) is 0.250. The van der Waals surface area contributed by atoms with Crippen molar-refractivity contribution in [3.63, 3.8) is 0 Å². The third-order valence-corrected chi connectivity index (χ3v) is 2.69. The maximum absolute atomic E-state index is 12.2. The molecule has 0 saturated heterocycles. The third-order valence-electron chi connectivity index (χ3n) is 2.69. The number of carbonyl (C=O) groups is 1. The number of nitrogens with two attached hydrogens (primary N) is 1. The Bertz CT molecular complexity index is 568. The zero-order valence-electron chi connectivity index (χ0n) is 10.7. The van der Waals surface area contributed by atoms with Gasteiger partial charge in [-0.25, -0.2) is 4.98 Å². The number of aromatic amines is 1. The molecule has 1 aromatic carbocycles. The fourth-order valence-corrected chi connectivity index (χ4v) is 1.73. The second kappa shape index (κ2) is 5.38. The zero-order chi connectivity index (χ0) is 13.8. The van der Waals surface area contributed by atoms with Crippen molar-refractivity contribution in [3.05, 3.63) is 35.9 Å². The molecule has 19 heavy (non-hydrogen) atoms. The number of methoxy groups -OCH3 is 1. The molecule has 1 atom stereocenters. The van der Waals surface area contributed by atoms with Crippen LogP contribution in [-0.4, -0.2) is 28.2 Å². The molecule has 0 spiro atoms. The molecule has 0 fully saturated rings. The first kappa shape index (κ1) is 12.9. The van der Waals surface area contributed by atoms with Crippen LogP contribution in [0.25, 0.3) is 0 Å². The van der Waals surface area contributed by atoms with Gasteiger partial charge in [-0.1, -0.05) is 6.07 Å². The number of hydrogen-bond acceptors (Lipinski definition) is 5. The molecule has 1 aromatic heterocycles. The number of nitrogen functional groups attached to an aromatic ring is 1. The topological polar surface area (TPSA) is 106 Å². The average Bonchev–Trinajstić information content (AvgIpc) is 2.92. The fourth-order valence-electron chi connectivity index (χ4n) is 1.73. The number of carbonyl (C=O) groups excluding carboxylic acids is 1. The van der Waals surface area contributed by atoms with Crippen molar-refractivity contribution in [3.8, 4) is 5.75 Å². The summed E-state index contributed by atoms with van der Waals surface area (Å²) in [7, 11) is 1.47. The largest absolute Gasteiger partial charge is 0.494 e. The van der Waals surface area contributed by atoms with E-state index in [-0.39, 0.29) is 11.9 Å². The van der Waals surface area contributed by atoms with Gasteiger partial charge < -0.3 is 15.8 Å². The average molecular weight is 261 g/mol. The van der Waals surface area contributed by atoms with Gasteiger partial charge in [0.1, 0.15) is 12.2 Å². The highest BCUT2D eigenvalue weighted by molar-refractivity contribution is 5.98. The summed E-state index contributed by atoms with van der Waals surface area (Å²) >= 11 is 0. The number of anilines is 1. The van der Waals surface area contributed by atoms with Gasteiger partial charge >= 0.3 is 0 Å². The van der Waals surface area contributed by atoms with Crippen LogP contribution < -0.4 is 15.8 Å². The molecule has 0 bridgehead atoms. The van der Waals surface area contributed by atoms with E-state index in [4.69, 9.17) is 10.5 Å². The maximum atomic E-state index is 12.2. The molecule has 0 radical (unpaired) electrons. The molecular weight excluding hydrogens is 246 g/mol. The van der Waals surface area contributed by atoms with Gasteiger partial charge in [-0.15, -0.1) is 0 Å². The molecule has 1 unspecified atom stereocenters. The molecule has 7 nitrogen and oxygen atoms in total. The Morgan fingerprint density at radius 3 is 2.95 bits per heavy atom. The van der Waals surface area contributed by atoms with Crippen molar-refractivity contribution in [2.24, 2.45) is 0 Å². The van der Waals surface area contributed by atoms with Gasteiger partial charge in [0, 0.05) is 0 Å². The number of para-hydroxylation sites is 1. The van der Waals surface area contributed by atoms with E-state index in [9.17, 15) is 4.79 Å². The molecule has 4 N–H and O–H groups in total. The highest BCUT2D eigenvalue weighted by Crippen LogP contribution is 2.26. The molecular formula is C12H15N5O2. The summed E-state index contributed by atoms with van der Waals surface area (Å²) in [6.07, 6.45) is 1.39. The lowest BCUT2D eigenvalue weighted by molar-refractivity contribution is 0.0935. The Hall–Kier alpha value is -2.57. The number of aromatic nitrogens is 3. The van der Waals surface area contributed by atoms with Crippen LogP contribution in [0, 0.1) is 0 Å². The zero-order valence-corrected chi connectivity index (χ0v) is 10.7. The number of nitrogens with zero attached hydrogens (tertiary/aromatic N) is 2. The standard InChI is InChI=1S/C12H15N5O2/c1-7(11-14-6-15-17-11)16-12(18)8-4-3-5-9(13)10(8)19-2/h3-7H,13H2,1-2H3,(H,16,18)(H,14,15,17). The van der Waals surface area contributed by atoms with Crippen LogP contribution in [0.5, 0.6) is 5.75 Å². The van der Waals surface area contributed by atoms with Crippen molar-refractivity contribution in [2.45, 2.75) is 13.0 Å². The SMILES string of the molecule is COc1c(N)cccc1C(=O)NC(C)c1ncn[nH]1. The van der Waals surface area contributed by atoms with Gasteiger partial charge in [0.15, 0.2) is 5.75 Å². The van der Waals surface area contributed by atoms with Crippen molar-refractivity contribution >= 4 is 11.6 Å². The molecule has 0 aliphatic carbocycles. The molecule has 2 rings (SSSR count).